The number of anilines is 2. The Morgan fingerprint density at radius 2 is 1.07 bits per heavy atom. The van der Waals surface area contributed by atoms with Crippen molar-refractivity contribution in [2.24, 2.45) is 0 Å². The lowest BCUT2D eigenvalue weighted by molar-refractivity contribution is 0.660. The van der Waals surface area contributed by atoms with Crippen LogP contribution in [-0.2, 0) is 5.41 Å². The van der Waals surface area contributed by atoms with Gasteiger partial charge in [0, 0.05) is 23.8 Å². The summed E-state index contributed by atoms with van der Waals surface area (Å²) in [4.78, 5) is 2.49. The van der Waals surface area contributed by atoms with Crippen molar-refractivity contribution in [1.82, 2.24) is 0 Å². The summed E-state index contributed by atoms with van der Waals surface area (Å²) in [6.45, 7) is 4.77. The maximum absolute atomic E-state index is 2.55. The fraction of sp³-hybridized carbons (Fsp3) is 0.154. The number of para-hydroxylation sites is 1. The second-order valence-corrected chi connectivity index (χ2v) is 20.7. The Kier molecular flexibility index (Phi) is 6.86. The summed E-state index contributed by atoms with van der Waals surface area (Å²) < 4.78 is 0. The van der Waals surface area contributed by atoms with Crippen LogP contribution in [0.2, 0.25) is 12.1 Å². The molecular weight excluding hydrogens is 667 g/mol. The number of benzene rings is 8. The average Bonchev–Trinajstić information content (AvgIpc) is 3.81. The lowest BCUT2D eigenvalue weighted by Gasteiger charge is -2.41. The van der Waals surface area contributed by atoms with E-state index in [1.165, 1.54) is 113 Å². The van der Waals surface area contributed by atoms with Gasteiger partial charge in [-0.25, -0.2) is 0 Å². The summed E-state index contributed by atoms with van der Waals surface area (Å²) in [5.74, 6) is 0. The van der Waals surface area contributed by atoms with Gasteiger partial charge in [-0.1, -0.05) is 166 Å². The normalized spacial score (nSPS) is 16.0. The Morgan fingerprint density at radius 3 is 1.91 bits per heavy atom. The first-order valence-electron chi connectivity index (χ1n) is 19.7. The fourth-order valence-electron chi connectivity index (χ4n) is 10.9. The predicted molar refractivity (Wildman–Crippen MR) is 234 cm³/mol. The monoisotopic (exact) mass is 709 g/mol. The maximum Gasteiger partial charge on any atom is 0.123 e. The Morgan fingerprint density at radius 1 is 0.444 bits per heavy atom. The fourth-order valence-corrected chi connectivity index (χ4v) is 16.5. The maximum atomic E-state index is 2.55. The van der Waals surface area contributed by atoms with E-state index in [2.05, 4.69) is 184 Å². The highest BCUT2D eigenvalue weighted by molar-refractivity contribution is 7.04. The van der Waals surface area contributed by atoms with Crippen molar-refractivity contribution in [1.29, 1.82) is 0 Å². The van der Waals surface area contributed by atoms with Crippen LogP contribution in [0.25, 0.3) is 66.1 Å². The summed E-state index contributed by atoms with van der Waals surface area (Å²) in [5, 5.41) is 8.49. The molecule has 1 aliphatic carbocycles. The van der Waals surface area contributed by atoms with Crippen molar-refractivity contribution < 1.29 is 0 Å². The molecule has 1 nitrogen and oxygen atoms in total. The van der Waals surface area contributed by atoms with Gasteiger partial charge in [0.1, 0.15) is 8.07 Å². The van der Waals surface area contributed by atoms with Gasteiger partial charge in [0.05, 0.1) is 0 Å². The molecule has 260 valence electrons. The first-order chi connectivity index (χ1) is 26.5. The van der Waals surface area contributed by atoms with Crippen LogP contribution in [-0.4, -0.2) is 15.1 Å². The zero-order valence-electron chi connectivity index (χ0n) is 31.3. The summed E-state index contributed by atoms with van der Waals surface area (Å²) in [6.07, 6.45) is 2.69. The first kappa shape index (κ1) is 31.8. The molecule has 1 saturated heterocycles. The van der Waals surface area contributed by atoms with Crippen molar-refractivity contribution in [3.63, 3.8) is 0 Å². The van der Waals surface area contributed by atoms with Gasteiger partial charge in [0.2, 0.25) is 0 Å². The van der Waals surface area contributed by atoms with Crippen molar-refractivity contribution >= 4 is 51.4 Å². The molecule has 8 aromatic carbocycles. The minimum Gasteiger partial charge on any atom is -0.345 e. The van der Waals surface area contributed by atoms with Gasteiger partial charge >= 0.3 is 0 Å². The third-order valence-corrected chi connectivity index (χ3v) is 18.7. The van der Waals surface area contributed by atoms with Gasteiger partial charge in [-0.05, 0) is 118 Å². The van der Waals surface area contributed by atoms with Crippen molar-refractivity contribution in [3.8, 4) is 44.5 Å². The van der Waals surface area contributed by atoms with E-state index in [1.807, 2.05) is 0 Å². The van der Waals surface area contributed by atoms with Crippen LogP contribution in [0, 0.1) is 0 Å². The van der Waals surface area contributed by atoms with E-state index in [4.69, 9.17) is 0 Å². The molecule has 1 fully saturated rings. The molecule has 11 rings (SSSR count). The molecule has 0 saturated carbocycles. The average molecular weight is 710 g/mol. The highest BCUT2D eigenvalue weighted by Crippen LogP contribution is 2.55. The molecule has 0 amide bonds. The summed E-state index contributed by atoms with van der Waals surface area (Å²) in [7, 11) is 0.466. The molecule has 2 aliphatic heterocycles. The SMILES string of the molecule is CN1c2ccccc2[Si]2(CCCC2)c2ccc(-c3c4ccccc4c(-c4cccc5c4-c4ccccc4C5(C)C)c4cc(-c5ccccc5)ccc34)cc21. The molecule has 2 heteroatoms. The quantitative estimate of drug-likeness (QED) is 0.130. The standard InChI is InChI=1S/C52H43NSi/c1-52(2)43-22-10-9-20-40(43)51-41(21-15-23-44(51)52)50-38-19-8-7-18-37(38)49(39-28-26-35(32-42(39)50)34-16-5-4-6-17-34)36-27-29-48-46(33-36)53(3)45-24-11-12-25-47(45)54(48)30-13-14-31-54/h4-12,15-29,32-33H,13-14,30-31H2,1-3H3. The zero-order valence-corrected chi connectivity index (χ0v) is 32.3. The van der Waals surface area contributed by atoms with Gasteiger partial charge in [-0.15, -0.1) is 0 Å². The Hall–Kier alpha value is -5.70. The van der Waals surface area contributed by atoms with Gasteiger partial charge < -0.3 is 4.90 Å². The molecule has 8 aromatic rings. The summed E-state index contributed by atoms with van der Waals surface area (Å²) >= 11 is 0. The number of fused-ring (bicyclic) bond motifs is 9. The highest BCUT2D eigenvalue weighted by atomic mass is 28.3. The first-order valence-corrected chi connectivity index (χ1v) is 22.1. The van der Waals surface area contributed by atoms with Crippen LogP contribution in [0.4, 0.5) is 11.4 Å². The molecule has 2 heterocycles. The van der Waals surface area contributed by atoms with Crippen LogP contribution in [0.3, 0.4) is 0 Å². The lowest BCUT2D eigenvalue weighted by Crippen LogP contribution is -2.61. The smallest absolute Gasteiger partial charge is 0.123 e. The molecule has 3 aliphatic rings. The third-order valence-electron chi connectivity index (χ3n) is 13.4. The third kappa shape index (κ3) is 4.32. The number of rotatable bonds is 3. The number of nitrogens with zero attached hydrogens (tertiary/aromatic N) is 1. The summed E-state index contributed by atoms with van der Waals surface area (Å²) in [5.41, 5.74) is 16.1. The Labute approximate surface area is 319 Å². The van der Waals surface area contributed by atoms with Crippen LogP contribution < -0.4 is 15.3 Å². The van der Waals surface area contributed by atoms with Gasteiger partial charge in [0.15, 0.2) is 0 Å². The minimum atomic E-state index is -1.82. The largest absolute Gasteiger partial charge is 0.345 e. The van der Waals surface area contributed by atoms with Crippen LogP contribution in [0.1, 0.15) is 37.8 Å². The van der Waals surface area contributed by atoms with Gasteiger partial charge in [-0.2, -0.15) is 0 Å². The van der Waals surface area contributed by atoms with E-state index in [0.29, 0.717) is 0 Å². The number of hydrogen-bond acceptors (Lipinski definition) is 1. The minimum absolute atomic E-state index is 0.0730. The van der Waals surface area contributed by atoms with E-state index in [1.54, 1.807) is 10.4 Å². The molecule has 0 atom stereocenters. The second-order valence-electron chi connectivity index (χ2n) is 16.4. The zero-order chi connectivity index (χ0) is 36.2. The van der Waals surface area contributed by atoms with Crippen molar-refractivity contribution in [3.05, 3.63) is 169 Å². The van der Waals surface area contributed by atoms with Crippen LogP contribution in [0.5, 0.6) is 0 Å². The van der Waals surface area contributed by atoms with E-state index in [0.717, 1.165) is 0 Å². The lowest BCUT2D eigenvalue weighted by atomic mass is 9.80. The van der Waals surface area contributed by atoms with Gasteiger partial charge in [-0.3, -0.25) is 0 Å². The summed E-state index contributed by atoms with van der Waals surface area (Å²) in [6, 6.07) is 63.0. The van der Waals surface area contributed by atoms with Crippen molar-refractivity contribution in [2.45, 2.75) is 44.2 Å². The highest BCUT2D eigenvalue weighted by Gasteiger charge is 2.46. The van der Waals surface area contributed by atoms with E-state index in [-0.39, 0.29) is 5.41 Å². The topological polar surface area (TPSA) is 3.24 Å². The van der Waals surface area contributed by atoms with Crippen LogP contribution >= 0.6 is 0 Å². The number of hydrogen-bond donors (Lipinski definition) is 0. The van der Waals surface area contributed by atoms with E-state index in [9.17, 15) is 0 Å². The van der Waals surface area contributed by atoms with E-state index >= 15 is 0 Å². The predicted octanol–water partition coefficient (Wildman–Crippen LogP) is 12.7. The molecule has 0 bridgehead atoms. The van der Waals surface area contributed by atoms with Gasteiger partial charge in [0.25, 0.3) is 0 Å². The Balaban J connectivity index is 1.23. The molecule has 54 heavy (non-hydrogen) atoms. The molecular formula is C52H43NSi. The van der Waals surface area contributed by atoms with Crippen molar-refractivity contribution in [2.75, 3.05) is 11.9 Å². The van der Waals surface area contributed by atoms with E-state index < -0.39 is 8.07 Å². The molecule has 0 N–H and O–H groups in total. The Bertz CT molecular complexity index is 2820. The molecule has 1 spiro atoms. The second kappa shape index (κ2) is 11.6. The molecule has 0 radical (unpaired) electrons. The molecule has 0 unspecified atom stereocenters. The van der Waals surface area contributed by atoms with Crippen LogP contribution in [0.15, 0.2) is 158 Å². The molecule has 0 aromatic heterocycles.